The summed E-state index contributed by atoms with van der Waals surface area (Å²) in [5, 5.41) is 0. The molecule has 0 aliphatic carbocycles. The van der Waals surface area contributed by atoms with E-state index in [4.69, 9.17) is 28.0 Å². The van der Waals surface area contributed by atoms with Crippen LogP contribution in [0.25, 0.3) is 0 Å². The highest BCUT2D eigenvalue weighted by Crippen LogP contribution is 2.53. The molecule has 0 atom stereocenters. The first-order valence-electron chi connectivity index (χ1n) is 10.6. The molecule has 0 bridgehead atoms. The lowest BCUT2D eigenvalue weighted by molar-refractivity contribution is -0.114. The van der Waals surface area contributed by atoms with Crippen LogP contribution >= 0.6 is 7.60 Å². The van der Waals surface area contributed by atoms with Gasteiger partial charge < -0.3 is 28.0 Å². The molecule has 0 saturated carbocycles. The van der Waals surface area contributed by atoms with Crippen molar-refractivity contribution >= 4 is 13.4 Å². The molecule has 8 nitrogen and oxygen atoms in total. The number of Topliss-reactive ketones (excluding diaryl/α,β-unsaturated/α-hetero) is 1. The lowest BCUT2D eigenvalue weighted by atomic mass is 10.3. The van der Waals surface area contributed by atoms with Crippen LogP contribution in [-0.2, 0) is 9.36 Å². The van der Waals surface area contributed by atoms with Gasteiger partial charge in [0.05, 0.1) is 26.4 Å². The van der Waals surface area contributed by atoms with Crippen LogP contribution in [0, 0.1) is 0 Å². The van der Waals surface area contributed by atoms with Gasteiger partial charge in [-0.25, -0.2) is 4.57 Å². The predicted molar refractivity (Wildman–Crippen MR) is 122 cm³/mol. The monoisotopic (exact) mass is 466 g/mol. The summed E-state index contributed by atoms with van der Waals surface area (Å²) in [6.45, 7) is 10.4. The Kier molecular flexibility index (Phi) is 9.72. The maximum Gasteiger partial charge on any atom is 0.438 e. The van der Waals surface area contributed by atoms with Crippen molar-refractivity contribution in [3.05, 3.63) is 36.4 Å². The summed E-state index contributed by atoms with van der Waals surface area (Å²) in [5.41, 5.74) is 0. The number of carbonyl (C=O) groups is 1. The van der Waals surface area contributed by atoms with Gasteiger partial charge in [0.25, 0.3) is 0 Å². The Bertz CT molecular complexity index is 878. The van der Waals surface area contributed by atoms with Crippen molar-refractivity contribution in [1.82, 2.24) is 0 Å². The Balaban J connectivity index is 2.41. The molecule has 0 aliphatic rings. The fourth-order valence-electron chi connectivity index (χ4n) is 2.83. The summed E-state index contributed by atoms with van der Waals surface area (Å²) in [4.78, 5) is 11.9. The average Bonchev–Trinajstić information content (AvgIpc) is 2.72. The molecular formula is C23H31O8P. The number of ketones is 1. The van der Waals surface area contributed by atoms with Crippen LogP contribution < -0.4 is 28.0 Å². The molecule has 2 aromatic carbocycles. The van der Waals surface area contributed by atoms with Crippen LogP contribution in [0.5, 0.6) is 34.5 Å². The van der Waals surface area contributed by atoms with Crippen LogP contribution in [-0.4, -0.2) is 38.4 Å². The Labute approximate surface area is 189 Å². The first-order chi connectivity index (χ1) is 15.3. The molecule has 0 saturated heterocycles. The highest BCUT2D eigenvalue weighted by Gasteiger charge is 2.33. The van der Waals surface area contributed by atoms with E-state index in [1.54, 1.807) is 36.4 Å². The standard InChI is InChI=1S/C23H31O8P/c1-6-26-18-10-12-20(22(14-18)28-8-3)30-32(25,16-17(5)24)31-21-13-11-19(27-7-2)15-23(21)29-9-4/h10-15H,6-9,16H2,1-5H3. The van der Waals surface area contributed by atoms with E-state index in [0.29, 0.717) is 49.4 Å². The second-order valence-corrected chi connectivity index (χ2v) is 8.51. The number of carbonyl (C=O) groups excluding carboxylic acids is 1. The number of hydrogen-bond donors (Lipinski definition) is 0. The van der Waals surface area contributed by atoms with Crippen LogP contribution in [0.15, 0.2) is 36.4 Å². The highest BCUT2D eigenvalue weighted by molar-refractivity contribution is 7.55. The third kappa shape index (κ3) is 7.38. The molecule has 0 unspecified atom stereocenters. The van der Waals surface area contributed by atoms with Gasteiger partial charge in [0.2, 0.25) is 0 Å². The number of ether oxygens (including phenoxy) is 4. The van der Waals surface area contributed by atoms with Gasteiger partial charge in [-0.15, -0.1) is 0 Å². The van der Waals surface area contributed by atoms with Crippen LogP contribution in [0.2, 0.25) is 0 Å². The first kappa shape index (κ1) is 25.4. The molecular weight excluding hydrogens is 435 g/mol. The maximum atomic E-state index is 13.7. The van der Waals surface area contributed by atoms with Gasteiger partial charge in [0, 0.05) is 12.1 Å². The molecule has 9 heteroatoms. The summed E-state index contributed by atoms with van der Waals surface area (Å²) < 4.78 is 47.5. The topological polar surface area (TPSA) is 89.5 Å². The van der Waals surface area contributed by atoms with E-state index in [1.165, 1.54) is 6.92 Å². The van der Waals surface area contributed by atoms with Crippen molar-refractivity contribution in [3.63, 3.8) is 0 Å². The Morgan fingerprint density at radius 2 is 1.09 bits per heavy atom. The number of hydrogen-bond acceptors (Lipinski definition) is 8. The third-order valence-corrected chi connectivity index (χ3v) is 5.73. The summed E-state index contributed by atoms with van der Waals surface area (Å²) >= 11 is 0. The lowest BCUT2D eigenvalue weighted by Gasteiger charge is -2.22. The second-order valence-electron chi connectivity index (χ2n) is 6.60. The van der Waals surface area contributed by atoms with Gasteiger partial charge in [0.15, 0.2) is 23.0 Å². The summed E-state index contributed by atoms with van der Waals surface area (Å²) in [7, 11) is -3.97. The molecule has 0 radical (unpaired) electrons. The molecule has 0 aliphatic heterocycles. The highest BCUT2D eigenvalue weighted by atomic mass is 31.2. The molecule has 0 spiro atoms. The van der Waals surface area contributed by atoms with Crippen molar-refractivity contribution in [2.75, 3.05) is 32.6 Å². The summed E-state index contributed by atoms with van der Waals surface area (Å²) in [6, 6.07) is 9.78. The fraction of sp³-hybridized carbons (Fsp3) is 0.435. The minimum absolute atomic E-state index is 0.184. The molecule has 0 amide bonds. The minimum atomic E-state index is -3.97. The Hall–Kier alpha value is -2.86. The molecule has 32 heavy (non-hydrogen) atoms. The van der Waals surface area contributed by atoms with Gasteiger partial charge in [-0.2, -0.15) is 0 Å². The lowest BCUT2D eigenvalue weighted by Crippen LogP contribution is -2.12. The number of benzene rings is 2. The zero-order valence-corrected chi connectivity index (χ0v) is 20.1. The van der Waals surface area contributed by atoms with Crippen LogP contribution in [0.4, 0.5) is 0 Å². The van der Waals surface area contributed by atoms with Crippen molar-refractivity contribution in [2.24, 2.45) is 0 Å². The fourth-order valence-corrected chi connectivity index (χ4v) is 4.45. The predicted octanol–water partition coefficient (Wildman–Crippen LogP) is 5.52. The van der Waals surface area contributed by atoms with Crippen molar-refractivity contribution < 1.29 is 37.4 Å². The maximum absolute atomic E-state index is 13.7. The van der Waals surface area contributed by atoms with Gasteiger partial charge in [0.1, 0.15) is 23.4 Å². The molecule has 0 fully saturated rings. The quantitative estimate of drug-likeness (QED) is 0.336. The van der Waals surface area contributed by atoms with E-state index >= 15 is 0 Å². The Morgan fingerprint density at radius 1 is 0.688 bits per heavy atom. The normalized spacial score (nSPS) is 10.9. The molecule has 2 aromatic rings. The van der Waals surface area contributed by atoms with Gasteiger partial charge in [-0.1, -0.05) is 0 Å². The van der Waals surface area contributed by atoms with E-state index < -0.39 is 13.8 Å². The first-order valence-corrected chi connectivity index (χ1v) is 12.3. The largest absolute Gasteiger partial charge is 0.494 e. The van der Waals surface area contributed by atoms with Crippen molar-refractivity contribution in [3.8, 4) is 34.5 Å². The summed E-state index contributed by atoms with van der Waals surface area (Å²) in [5.74, 6) is 1.85. The van der Waals surface area contributed by atoms with Gasteiger partial charge >= 0.3 is 7.60 Å². The van der Waals surface area contributed by atoms with E-state index in [2.05, 4.69) is 0 Å². The minimum Gasteiger partial charge on any atom is -0.494 e. The van der Waals surface area contributed by atoms with E-state index in [0.717, 1.165) is 0 Å². The number of rotatable bonds is 14. The smallest absolute Gasteiger partial charge is 0.438 e. The average molecular weight is 466 g/mol. The zero-order valence-electron chi connectivity index (χ0n) is 19.2. The van der Waals surface area contributed by atoms with Gasteiger partial charge in [-0.3, -0.25) is 4.79 Å². The van der Waals surface area contributed by atoms with E-state index in [-0.39, 0.29) is 17.3 Å². The van der Waals surface area contributed by atoms with Crippen LogP contribution in [0.3, 0.4) is 0 Å². The molecule has 0 N–H and O–H groups in total. The molecule has 176 valence electrons. The molecule has 0 heterocycles. The zero-order chi connectivity index (χ0) is 23.6. The Morgan fingerprint density at radius 3 is 1.44 bits per heavy atom. The SMILES string of the molecule is CCOc1ccc(OP(=O)(CC(C)=O)Oc2ccc(OCC)cc2OCC)c(OCC)c1. The van der Waals surface area contributed by atoms with E-state index in [9.17, 15) is 9.36 Å². The van der Waals surface area contributed by atoms with Crippen molar-refractivity contribution in [2.45, 2.75) is 34.6 Å². The molecule has 2 rings (SSSR count). The van der Waals surface area contributed by atoms with E-state index in [1.807, 2.05) is 27.7 Å². The van der Waals surface area contributed by atoms with Crippen LogP contribution in [0.1, 0.15) is 34.6 Å². The van der Waals surface area contributed by atoms with Gasteiger partial charge in [-0.05, 0) is 58.9 Å². The second kappa shape index (κ2) is 12.2. The molecule has 0 aromatic heterocycles. The third-order valence-electron chi connectivity index (χ3n) is 3.94. The summed E-state index contributed by atoms with van der Waals surface area (Å²) in [6.07, 6.45) is -0.426. The van der Waals surface area contributed by atoms with Crippen molar-refractivity contribution in [1.29, 1.82) is 0 Å².